The fourth-order valence-corrected chi connectivity index (χ4v) is 2.11. The van der Waals surface area contributed by atoms with E-state index in [1.807, 2.05) is 6.07 Å². The van der Waals surface area contributed by atoms with Crippen LogP contribution in [0.1, 0.15) is 11.3 Å². The molecule has 0 saturated heterocycles. The van der Waals surface area contributed by atoms with E-state index in [0.717, 1.165) is 17.7 Å². The Labute approximate surface area is 89.4 Å². The van der Waals surface area contributed by atoms with Crippen molar-refractivity contribution < 1.29 is 14.3 Å². The Kier molecular flexibility index (Phi) is 2.60. The van der Waals surface area contributed by atoms with E-state index in [4.69, 9.17) is 9.52 Å². The molecule has 1 unspecified atom stereocenters. The highest BCUT2D eigenvalue weighted by Gasteiger charge is 2.24. The molecule has 14 heavy (non-hydrogen) atoms. The number of rotatable bonds is 1. The van der Waals surface area contributed by atoms with Crippen LogP contribution in [0, 0.1) is 0 Å². The first-order chi connectivity index (χ1) is 6.66. The van der Waals surface area contributed by atoms with Crippen LogP contribution in [-0.4, -0.2) is 23.7 Å². The van der Waals surface area contributed by atoms with Crippen LogP contribution in [0.25, 0.3) is 0 Å². The summed E-state index contributed by atoms with van der Waals surface area (Å²) in [5.41, 5.74) is 0.981. The fraction of sp³-hybridized carbons (Fsp3) is 0.444. The lowest BCUT2D eigenvalue weighted by Crippen LogP contribution is -2.37. The molecule has 0 amide bonds. The maximum Gasteiger partial charge on any atom is 0.321 e. The number of carboxylic acids is 1. The zero-order valence-corrected chi connectivity index (χ0v) is 9.00. The lowest BCUT2D eigenvalue weighted by Gasteiger charge is -2.08. The second-order valence-electron chi connectivity index (χ2n) is 3.30. The van der Waals surface area contributed by atoms with Crippen LogP contribution in [0.3, 0.4) is 0 Å². The topological polar surface area (TPSA) is 62.5 Å². The molecular formula is C9H10BrNO3. The first-order valence-corrected chi connectivity index (χ1v) is 5.19. The number of nitrogens with one attached hydrogen (secondary N) is 1. The number of halogens is 1. The molecule has 2 N–H and O–H groups in total. The summed E-state index contributed by atoms with van der Waals surface area (Å²) in [6, 6.07) is 1.35. The van der Waals surface area contributed by atoms with Crippen molar-refractivity contribution in [1.82, 2.24) is 5.32 Å². The minimum atomic E-state index is -0.810. The molecule has 1 aromatic heterocycles. The van der Waals surface area contributed by atoms with Gasteiger partial charge in [-0.2, -0.15) is 0 Å². The summed E-state index contributed by atoms with van der Waals surface area (Å²) < 4.78 is 6.07. The summed E-state index contributed by atoms with van der Waals surface area (Å²) in [4.78, 5) is 10.8. The highest BCUT2D eigenvalue weighted by Crippen LogP contribution is 2.23. The van der Waals surface area contributed by atoms with E-state index >= 15 is 0 Å². The molecule has 0 aliphatic carbocycles. The second kappa shape index (κ2) is 3.74. The van der Waals surface area contributed by atoms with E-state index in [9.17, 15) is 4.79 Å². The maximum absolute atomic E-state index is 10.8. The molecule has 1 atom stereocenters. The van der Waals surface area contributed by atoms with Crippen molar-refractivity contribution in [2.45, 2.75) is 18.9 Å². The molecule has 1 aliphatic rings. The molecule has 5 heteroatoms. The predicted octanol–water partition coefficient (Wildman–Crippen LogP) is 1.18. The molecule has 1 aromatic rings. The van der Waals surface area contributed by atoms with Crippen molar-refractivity contribution in [1.29, 1.82) is 0 Å². The number of hydrogen-bond acceptors (Lipinski definition) is 3. The average Bonchev–Trinajstić information content (AvgIpc) is 2.32. The molecule has 0 bridgehead atoms. The number of carboxylic acid groups (broad SMARTS) is 1. The van der Waals surface area contributed by atoms with Crippen molar-refractivity contribution >= 4 is 21.9 Å². The van der Waals surface area contributed by atoms with Gasteiger partial charge in [0.15, 0.2) is 4.67 Å². The van der Waals surface area contributed by atoms with Crippen LogP contribution >= 0.6 is 15.9 Å². The molecule has 0 spiro atoms. The predicted molar refractivity (Wildman–Crippen MR) is 53.2 cm³/mol. The van der Waals surface area contributed by atoms with Gasteiger partial charge < -0.3 is 14.8 Å². The number of fused-ring (bicyclic) bond motifs is 1. The van der Waals surface area contributed by atoms with Crippen LogP contribution in [0.5, 0.6) is 0 Å². The normalized spacial score (nSPS) is 21.4. The molecule has 0 fully saturated rings. The molecule has 0 radical (unpaired) electrons. The number of carbonyl (C=O) groups is 1. The van der Waals surface area contributed by atoms with Gasteiger partial charge in [-0.3, -0.25) is 4.79 Å². The Morgan fingerprint density at radius 3 is 3.21 bits per heavy atom. The van der Waals surface area contributed by atoms with E-state index in [0.29, 0.717) is 17.6 Å². The van der Waals surface area contributed by atoms with Gasteiger partial charge in [0, 0.05) is 19.4 Å². The third-order valence-electron chi connectivity index (χ3n) is 2.33. The summed E-state index contributed by atoms with van der Waals surface area (Å²) >= 11 is 3.24. The van der Waals surface area contributed by atoms with Crippen LogP contribution < -0.4 is 5.32 Å². The van der Waals surface area contributed by atoms with E-state index in [1.165, 1.54) is 0 Å². The number of furan rings is 1. The van der Waals surface area contributed by atoms with Gasteiger partial charge in [-0.25, -0.2) is 0 Å². The average molecular weight is 260 g/mol. The standard InChI is InChI=1S/C9H10BrNO3/c10-8-4-5-3-6(9(12)13)11-2-1-7(5)14-8/h4,6,11H,1-3H2,(H,12,13). The van der Waals surface area contributed by atoms with Crippen LogP contribution in [-0.2, 0) is 17.6 Å². The third kappa shape index (κ3) is 1.83. The van der Waals surface area contributed by atoms with Gasteiger partial charge in [0.05, 0.1) is 0 Å². The maximum atomic E-state index is 10.8. The zero-order valence-electron chi connectivity index (χ0n) is 7.42. The second-order valence-corrected chi connectivity index (χ2v) is 4.08. The molecular weight excluding hydrogens is 250 g/mol. The Bertz CT molecular complexity index is 361. The van der Waals surface area contributed by atoms with Gasteiger partial charge >= 0.3 is 5.97 Å². The van der Waals surface area contributed by atoms with Crippen molar-refractivity contribution in [3.63, 3.8) is 0 Å². The van der Waals surface area contributed by atoms with Crippen molar-refractivity contribution in [3.05, 3.63) is 22.1 Å². The first kappa shape index (κ1) is 9.73. The Hall–Kier alpha value is -0.810. The fourth-order valence-electron chi connectivity index (χ4n) is 1.64. The SMILES string of the molecule is O=C(O)C1Cc2cc(Br)oc2CCN1. The van der Waals surface area contributed by atoms with Gasteiger partial charge in [0.25, 0.3) is 0 Å². The lowest BCUT2D eigenvalue weighted by molar-refractivity contribution is -0.139. The summed E-state index contributed by atoms with van der Waals surface area (Å²) in [5.74, 6) is 0.0725. The van der Waals surface area contributed by atoms with E-state index < -0.39 is 12.0 Å². The van der Waals surface area contributed by atoms with Gasteiger partial charge in [0.2, 0.25) is 0 Å². The molecule has 1 aliphatic heterocycles. The summed E-state index contributed by atoms with van der Waals surface area (Å²) in [6.45, 7) is 0.643. The van der Waals surface area contributed by atoms with Gasteiger partial charge in [-0.15, -0.1) is 0 Å². The minimum Gasteiger partial charge on any atom is -0.480 e. The van der Waals surface area contributed by atoms with E-state index in [1.54, 1.807) is 0 Å². The molecule has 0 aromatic carbocycles. The molecule has 4 nitrogen and oxygen atoms in total. The van der Waals surface area contributed by atoms with E-state index in [-0.39, 0.29) is 0 Å². The van der Waals surface area contributed by atoms with Gasteiger partial charge in [-0.1, -0.05) is 0 Å². The highest BCUT2D eigenvalue weighted by atomic mass is 79.9. The quantitative estimate of drug-likeness (QED) is 0.796. The molecule has 2 heterocycles. The lowest BCUT2D eigenvalue weighted by atomic mass is 10.1. The third-order valence-corrected chi connectivity index (χ3v) is 2.72. The number of aliphatic carboxylic acids is 1. The first-order valence-electron chi connectivity index (χ1n) is 4.40. The Morgan fingerprint density at radius 2 is 2.50 bits per heavy atom. The summed E-state index contributed by atoms with van der Waals surface area (Å²) in [6.07, 6.45) is 1.23. The van der Waals surface area contributed by atoms with Crippen molar-refractivity contribution in [2.75, 3.05) is 6.54 Å². The molecule has 76 valence electrons. The summed E-state index contributed by atoms with van der Waals surface area (Å²) in [7, 11) is 0. The Morgan fingerprint density at radius 1 is 1.71 bits per heavy atom. The number of hydrogen-bond donors (Lipinski definition) is 2. The monoisotopic (exact) mass is 259 g/mol. The molecule has 0 saturated carbocycles. The highest BCUT2D eigenvalue weighted by molar-refractivity contribution is 9.10. The summed E-state index contributed by atoms with van der Waals surface area (Å²) in [5, 5.41) is 11.8. The van der Waals surface area contributed by atoms with Crippen LogP contribution in [0.4, 0.5) is 0 Å². The van der Waals surface area contributed by atoms with Gasteiger partial charge in [0.1, 0.15) is 11.8 Å². The van der Waals surface area contributed by atoms with Crippen molar-refractivity contribution in [3.8, 4) is 0 Å². The van der Waals surface area contributed by atoms with Crippen molar-refractivity contribution in [2.24, 2.45) is 0 Å². The molecule has 2 rings (SSSR count). The van der Waals surface area contributed by atoms with Crippen LogP contribution in [0.15, 0.2) is 15.2 Å². The Balaban J connectivity index is 2.25. The van der Waals surface area contributed by atoms with Gasteiger partial charge in [-0.05, 0) is 27.6 Å². The zero-order chi connectivity index (χ0) is 10.1. The minimum absolute atomic E-state index is 0.486. The van der Waals surface area contributed by atoms with Crippen LogP contribution in [0.2, 0.25) is 0 Å². The smallest absolute Gasteiger partial charge is 0.321 e. The van der Waals surface area contributed by atoms with E-state index in [2.05, 4.69) is 21.2 Å². The largest absolute Gasteiger partial charge is 0.480 e.